The van der Waals surface area contributed by atoms with E-state index in [0.717, 1.165) is 4.43 Å². The minimum atomic E-state index is 0.348. The van der Waals surface area contributed by atoms with Crippen molar-refractivity contribution in [1.29, 1.82) is 0 Å². The molecule has 0 N–H and O–H groups in total. The average Bonchev–Trinajstić information content (AvgIpc) is 2.55. The highest BCUT2D eigenvalue weighted by molar-refractivity contribution is 14.1. The second-order valence-electron chi connectivity index (χ2n) is 4.06. The Balaban J connectivity index is 2.23. The molecule has 0 radical (unpaired) electrons. The summed E-state index contributed by atoms with van der Waals surface area (Å²) in [5.41, 5.74) is 1.35. The van der Waals surface area contributed by atoms with Crippen molar-refractivity contribution in [3.05, 3.63) is 35.9 Å². The van der Waals surface area contributed by atoms with Crippen LogP contribution in [0.2, 0.25) is 0 Å². The Kier molecular flexibility index (Phi) is 3.64. The Hall–Kier alpha value is -0.130. The van der Waals surface area contributed by atoms with Crippen LogP contribution in [0.15, 0.2) is 30.3 Å². The molecule has 0 aromatic heterocycles. The standard InChI is InChI=1S/C12H16INO/c1-9-11(8-13)15-14(2)12(9)10-6-4-3-5-7-10/h3-7,9,11-12H,8H2,1-2H3/t9-,11+,12-/m1/s1. The van der Waals surface area contributed by atoms with Gasteiger partial charge >= 0.3 is 0 Å². The van der Waals surface area contributed by atoms with Crippen LogP contribution in [0.25, 0.3) is 0 Å². The first-order chi connectivity index (χ1) is 7.24. The monoisotopic (exact) mass is 317 g/mol. The van der Waals surface area contributed by atoms with E-state index in [1.165, 1.54) is 5.56 Å². The average molecular weight is 317 g/mol. The minimum Gasteiger partial charge on any atom is -0.294 e. The van der Waals surface area contributed by atoms with Crippen LogP contribution >= 0.6 is 22.6 Å². The zero-order valence-electron chi connectivity index (χ0n) is 9.06. The van der Waals surface area contributed by atoms with Crippen molar-refractivity contribution in [1.82, 2.24) is 5.06 Å². The highest BCUT2D eigenvalue weighted by Crippen LogP contribution is 2.38. The summed E-state index contributed by atoms with van der Waals surface area (Å²) in [4.78, 5) is 5.82. The SMILES string of the molecule is C[C@@H]1[C@H](CI)ON(C)[C@H]1c1ccccc1. The zero-order chi connectivity index (χ0) is 10.8. The van der Waals surface area contributed by atoms with Crippen molar-refractivity contribution >= 4 is 22.6 Å². The molecule has 3 atom stereocenters. The minimum absolute atomic E-state index is 0.348. The van der Waals surface area contributed by atoms with Crippen molar-refractivity contribution in [2.75, 3.05) is 11.5 Å². The van der Waals surface area contributed by atoms with Gasteiger partial charge in [0, 0.05) is 17.4 Å². The number of benzene rings is 1. The van der Waals surface area contributed by atoms with Crippen LogP contribution in [-0.2, 0) is 4.84 Å². The van der Waals surface area contributed by atoms with Crippen molar-refractivity contribution in [2.24, 2.45) is 5.92 Å². The second-order valence-corrected chi connectivity index (χ2v) is 4.94. The van der Waals surface area contributed by atoms with Gasteiger partial charge in [-0.3, -0.25) is 4.84 Å². The van der Waals surface area contributed by atoms with Gasteiger partial charge in [-0.2, -0.15) is 5.06 Å². The fourth-order valence-corrected chi connectivity index (χ4v) is 3.20. The molecule has 0 unspecified atom stereocenters. The Bertz CT molecular complexity index is 317. The maximum atomic E-state index is 5.82. The van der Waals surface area contributed by atoms with Gasteiger partial charge in [-0.1, -0.05) is 59.8 Å². The van der Waals surface area contributed by atoms with Crippen LogP contribution in [0.5, 0.6) is 0 Å². The van der Waals surface area contributed by atoms with Gasteiger partial charge < -0.3 is 0 Å². The summed E-state index contributed by atoms with van der Waals surface area (Å²) in [5, 5.41) is 2.00. The summed E-state index contributed by atoms with van der Waals surface area (Å²) >= 11 is 2.39. The first-order valence-corrected chi connectivity index (χ1v) is 6.77. The van der Waals surface area contributed by atoms with Gasteiger partial charge in [-0.15, -0.1) is 0 Å². The molecule has 1 heterocycles. The quantitative estimate of drug-likeness (QED) is 0.614. The van der Waals surface area contributed by atoms with E-state index in [4.69, 9.17) is 4.84 Å². The first-order valence-electron chi connectivity index (χ1n) is 5.24. The summed E-state index contributed by atoms with van der Waals surface area (Å²) in [7, 11) is 2.03. The molecule has 1 aromatic carbocycles. The molecule has 1 aromatic rings. The summed E-state index contributed by atoms with van der Waals surface area (Å²) in [5.74, 6) is 0.550. The Morgan fingerprint density at radius 1 is 1.33 bits per heavy atom. The summed E-state index contributed by atoms with van der Waals surface area (Å²) in [6, 6.07) is 11.0. The van der Waals surface area contributed by atoms with Crippen LogP contribution in [0, 0.1) is 5.92 Å². The molecule has 0 saturated carbocycles. The third kappa shape index (κ3) is 2.19. The Morgan fingerprint density at radius 3 is 2.53 bits per heavy atom. The molecule has 2 nitrogen and oxygen atoms in total. The molecule has 0 amide bonds. The molecule has 1 aliphatic rings. The topological polar surface area (TPSA) is 12.5 Å². The lowest BCUT2D eigenvalue weighted by molar-refractivity contribution is -0.137. The van der Waals surface area contributed by atoms with Gasteiger partial charge in [0.25, 0.3) is 0 Å². The number of hydrogen-bond acceptors (Lipinski definition) is 2. The predicted octanol–water partition coefficient (Wildman–Crippen LogP) is 3.04. The van der Waals surface area contributed by atoms with Crippen molar-refractivity contribution < 1.29 is 4.84 Å². The van der Waals surface area contributed by atoms with E-state index in [-0.39, 0.29) is 0 Å². The van der Waals surface area contributed by atoms with Gasteiger partial charge in [0.05, 0.1) is 12.1 Å². The van der Waals surface area contributed by atoms with Crippen LogP contribution in [0.4, 0.5) is 0 Å². The fraction of sp³-hybridized carbons (Fsp3) is 0.500. The summed E-state index contributed by atoms with van der Waals surface area (Å²) in [6.07, 6.45) is 0.348. The second kappa shape index (κ2) is 4.80. The summed E-state index contributed by atoms with van der Waals surface area (Å²) < 4.78 is 1.05. The molecule has 15 heavy (non-hydrogen) atoms. The lowest BCUT2D eigenvalue weighted by Gasteiger charge is -2.20. The third-order valence-corrected chi connectivity index (χ3v) is 3.94. The van der Waals surface area contributed by atoms with Gasteiger partial charge in [0.15, 0.2) is 0 Å². The van der Waals surface area contributed by atoms with Crippen LogP contribution in [-0.4, -0.2) is 22.6 Å². The first kappa shape index (κ1) is 11.4. The van der Waals surface area contributed by atoms with Crippen molar-refractivity contribution in [2.45, 2.75) is 19.1 Å². The normalized spacial score (nSPS) is 32.1. The van der Waals surface area contributed by atoms with E-state index in [0.29, 0.717) is 18.1 Å². The van der Waals surface area contributed by atoms with E-state index in [1.54, 1.807) is 0 Å². The third-order valence-electron chi connectivity index (χ3n) is 3.07. The van der Waals surface area contributed by atoms with Crippen LogP contribution in [0.3, 0.4) is 0 Å². The Labute approximate surface area is 105 Å². The van der Waals surface area contributed by atoms with E-state index in [9.17, 15) is 0 Å². The molecule has 82 valence electrons. The molecular weight excluding hydrogens is 301 g/mol. The molecule has 0 spiro atoms. The van der Waals surface area contributed by atoms with Gasteiger partial charge in [0.1, 0.15) is 0 Å². The highest BCUT2D eigenvalue weighted by Gasteiger charge is 2.38. The summed E-state index contributed by atoms with van der Waals surface area (Å²) in [6.45, 7) is 2.27. The number of halogens is 1. The lowest BCUT2D eigenvalue weighted by atomic mass is 9.92. The number of alkyl halides is 1. The molecular formula is C12H16INO. The Morgan fingerprint density at radius 2 is 2.00 bits per heavy atom. The smallest absolute Gasteiger partial charge is 0.0927 e. The highest BCUT2D eigenvalue weighted by atomic mass is 127. The zero-order valence-corrected chi connectivity index (χ0v) is 11.2. The van der Waals surface area contributed by atoms with Gasteiger partial charge in [-0.25, -0.2) is 0 Å². The molecule has 0 aliphatic carbocycles. The molecule has 1 fully saturated rings. The van der Waals surface area contributed by atoms with E-state index in [1.807, 2.05) is 12.1 Å². The van der Waals surface area contributed by atoms with Gasteiger partial charge in [0.2, 0.25) is 0 Å². The van der Waals surface area contributed by atoms with E-state index >= 15 is 0 Å². The maximum absolute atomic E-state index is 5.82. The largest absolute Gasteiger partial charge is 0.294 e. The molecule has 0 bridgehead atoms. The van der Waals surface area contributed by atoms with E-state index in [2.05, 4.69) is 59.8 Å². The van der Waals surface area contributed by atoms with Crippen LogP contribution < -0.4 is 0 Å². The van der Waals surface area contributed by atoms with Crippen molar-refractivity contribution in [3.8, 4) is 0 Å². The number of hydrogen-bond donors (Lipinski definition) is 0. The molecule has 1 saturated heterocycles. The van der Waals surface area contributed by atoms with Crippen molar-refractivity contribution in [3.63, 3.8) is 0 Å². The van der Waals surface area contributed by atoms with Crippen LogP contribution in [0.1, 0.15) is 18.5 Å². The maximum Gasteiger partial charge on any atom is 0.0927 e. The molecule has 3 heteroatoms. The van der Waals surface area contributed by atoms with Gasteiger partial charge in [-0.05, 0) is 5.56 Å². The predicted molar refractivity (Wildman–Crippen MR) is 69.9 cm³/mol. The number of nitrogens with zero attached hydrogens (tertiary/aromatic N) is 1. The van der Waals surface area contributed by atoms with E-state index < -0.39 is 0 Å². The number of hydroxylamine groups is 2. The molecule has 2 rings (SSSR count). The molecule has 1 aliphatic heterocycles. The fourth-order valence-electron chi connectivity index (χ4n) is 2.24. The lowest BCUT2D eigenvalue weighted by Crippen LogP contribution is -2.19. The number of rotatable bonds is 2.